The Morgan fingerprint density at radius 1 is 1.33 bits per heavy atom. The van der Waals surface area contributed by atoms with Crippen LogP contribution in [0.4, 0.5) is 0 Å². The van der Waals surface area contributed by atoms with Gasteiger partial charge in [0.15, 0.2) is 0 Å². The first-order valence-electron chi connectivity index (χ1n) is 4.89. The lowest BCUT2D eigenvalue weighted by molar-refractivity contribution is 0.0942. The molecule has 1 aromatic rings. The second kappa shape index (κ2) is 6.40. The van der Waals surface area contributed by atoms with E-state index in [1.807, 2.05) is 24.3 Å². The van der Waals surface area contributed by atoms with Gasteiger partial charge in [0.25, 0.3) is 0 Å². The number of nitrogens with one attached hydrogen (secondary N) is 1. The molecule has 0 saturated carbocycles. The Bertz CT molecular complexity index is 274. The van der Waals surface area contributed by atoms with Crippen LogP contribution in [-0.4, -0.2) is 36.6 Å². The smallest absolute Gasteiger partial charge is 0.118 e. The molecule has 0 spiro atoms. The summed E-state index contributed by atoms with van der Waals surface area (Å²) >= 11 is 0. The topological polar surface area (TPSA) is 61.7 Å². The van der Waals surface area contributed by atoms with E-state index in [0.717, 1.165) is 11.3 Å². The quantitative estimate of drug-likeness (QED) is 0.626. The van der Waals surface area contributed by atoms with E-state index in [1.54, 1.807) is 7.11 Å². The van der Waals surface area contributed by atoms with Crippen LogP contribution in [0.15, 0.2) is 24.3 Å². The first kappa shape index (κ1) is 12.0. The summed E-state index contributed by atoms with van der Waals surface area (Å²) in [5, 5.41) is 20.7. The van der Waals surface area contributed by atoms with Gasteiger partial charge in [-0.1, -0.05) is 12.1 Å². The van der Waals surface area contributed by atoms with Crippen LogP contribution in [0, 0.1) is 0 Å². The number of hydrogen-bond acceptors (Lipinski definition) is 4. The minimum Gasteiger partial charge on any atom is -0.497 e. The number of hydrogen-bond donors (Lipinski definition) is 3. The zero-order chi connectivity index (χ0) is 11.1. The lowest BCUT2D eigenvalue weighted by Gasteiger charge is -2.09. The van der Waals surface area contributed by atoms with E-state index in [0.29, 0.717) is 13.1 Å². The minimum atomic E-state index is -0.691. The third kappa shape index (κ3) is 4.29. The fourth-order valence-electron chi connectivity index (χ4n) is 1.19. The second-order valence-corrected chi connectivity index (χ2v) is 3.32. The van der Waals surface area contributed by atoms with Crippen molar-refractivity contribution in [3.63, 3.8) is 0 Å². The van der Waals surface area contributed by atoms with Crippen molar-refractivity contribution in [3.8, 4) is 5.75 Å². The molecule has 0 heterocycles. The molecule has 0 fully saturated rings. The van der Waals surface area contributed by atoms with E-state index in [2.05, 4.69) is 5.32 Å². The first-order valence-corrected chi connectivity index (χ1v) is 4.89. The first-order chi connectivity index (χ1) is 7.26. The third-order valence-electron chi connectivity index (χ3n) is 2.08. The molecule has 0 amide bonds. The normalized spacial score (nSPS) is 12.5. The monoisotopic (exact) mass is 211 g/mol. The predicted octanol–water partition coefficient (Wildman–Crippen LogP) is 0.138. The van der Waals surface area contributed by atoms with Crippen LogP contribution < -0.4 is 10.1 Å². The summed E-state index contributed by atoms with van der Waals surface area (Å²) in [5.41, 5.74) is 1.11. The highest BCUT2D eigenvalue weighted by Gasteiger charge is 2.00. The van der Waals surface area contributed by atoms with Gasteiger partial charge in [-0.2, -0.15) is 0 Å². The highest BCUT2D eigenvalue weighted by molar-refractivity contribution is 5.26. The Labute approximate surface area is 89.5 Å². The van der Waals surface area contributed by atoms with E-state index in [1.165, 1.54) is 0 Å². The van der Waals surface area contributed by atoms with Gasteiger partial charge in [0.2, 0.25) is 0 Å². The summed E-state index contributed by atoms with van der Waals surface area (Å²) in [6.45, 7) is 0.846. The Morgan fingerprint density at radius 3 is 2.53 bits per heavy atom. The number of ether oxygens (including phenoxy) is 1. The molecule has 0 aliphatic carbocycles. The average Bonchev–Trinajstić information content (AvgIpc) is 2.29. The van der Waals surface area contributed by atoms with Gasteiger partial charge < -0.3 is 20.3 Å². The van der Waals surface area contributed by atoms with Crippen LogP contribution in [0.25, 0.3) is 0 Å². The van der Waals surface area contributed by atoms with Crippen LogP contribution in [0.5, 0.6) is 5.75 Å². The van der Waals surface area contributed by atoms with Crippen molar-refractivity contribution in [2.75, 3.05) is 20.3 Å². The van der Waals surface area contributed by atoms with Crippen molar-refractivity contribution in [1.29, 1.82) is 0 Å². The highest BCUT2D eigenvalue weighted by Crippen LogP contribution is 2.10. The Hall–Kier alpha value is -1.10. The number of benzene rings is 1. The summed E-state index contributed by atoms with van der Waals surface area (Å²) < 4.78 is 5.04. The molecule has 0 aliphatic rings. The molecular formula is C11H17NO3. The Kier molecular flexibility index (Phi) is 5.10. The van der Waals surface area contributed by atoms with Crippen LogP contribution in [0.2, 0.25) is 0 Å². The summed E-state index contributed by atoms with van der Waals surface area (Å²) in [5.74, 6) is 0.828. The Balaban J connectivity index is 2.31. The number of aliphatic hydroxyl groups is 2. The summed E-state index contributed by atoms with van der Waals surface area (Å²) in [6.07, 6.45) is -0.691. The van der Waals surface area contributed by atoms with Gasteiger partial charge >= 0.3 is 0 Å². The van der Waals surface area contributed by atoms with Gasteiger partial charge in [0, 0.05) is 13.1 Å². The fraction of sp³-hybridized carbons (Fsp3) is 0.455. The fourth-order valence-corrected chi connectivity index (χ4v) is 1.19. The van der Waals surface area contributed by atoms with Crippen molar-refractivity contribution in [2.24, 2.45) is 0 Å². The van der Waals surface area contributed by atoms with Crippen LogP contribution in [-0.2, 0) is 6.54 Å². The molecule has 15 heavy (non-hydrogen) atoms. The Morgan fingerprint density at radius 2 is 2.00 bits per heavy atom. The van der Waals surface area contributed by atoms with Crippen LogP contribution in [0.1, 0.15) is 5.56 Å². The zero-order valence-electron chi connectivity index (χ0n) is 8.81. The number of aliphatic hydroxyl groups excluding tert-OH is 2. The summed E-state index contributed by atoms with van der Waals surface area (Å²) in [6, 6.07) is 7.69. The molecule has 1 unspecified atom stereocenters. The predicted molar refractivity (Wildman–Crippen MR) is 57.8 cm³/mol. The largest absolute Gasteiger partial charge is 0.497 e. The molecule has 0 aromatic heterocycles. The molecule has 0 bridgehead atoms. The van der Waals surface area contributed by atoms with Gasteiger partial charge in [-0.25, -0.2) is 0 Å². The molecule has 1 rings (SSSR count). The van der Waals surface area contributed by atoms with Crippen LogP contribution >= 0.6 is 0 Å². The van der Waals surface area contributed by atoms with Crippen molar-refractivity contribution < 1.29 is 14.9 Å². The van der Waals surface area contributed by atoms with Gasteiger partial charge in [-0.3, -0.25) is 0 Å². The minimum absolute atomic E-state index is 0.213. The van der Waals surface area contributed by atoms with Gasteiger partial charge in [-0.15, -0.1) is 0 Å². The molecule has 3 N–H and O–H groups in total. The van der Waals surface area contributed by atoms with E-state index in [-0.39, 0.29) is 6.61 Å². The van der Waals surface area contributed by atoms with Gasteiger partial charge in [0.05, 0.1) is 19.8 Å². The van der Waals surface area contributed by atoms with Crippen molar-refractivity contribution in [1.82, 2.24) is 5.32 Å². The maximum Gasteiger partial charge on any atom is 0.118 e. The van der Waals surface area contributed by atoms with Crippen molar-refractivity contribution >= 4 is 0 Å². The molecule has 1 aromatic carbocycles. The molecule has 1 atom stereocenters. The second-order valence-electron chi connectivity index (χ2n) is 3.32. The molecule has 4 heteroatoms. The molecule has 4 nitrogen and oxygen atoms in total. The molecule has 0 saturated heterocycles. The maximum atomic E-state index is 9.09. The number of rotatable bonds is 6. The molecular weight excluding hydrogens is 194 g/mol. The van der Waals surface area contributed by atoms with Crippen molar-refractivity contribution in [3.05, 3.63) is 29.8 Å². The zero-order valence-corrected chi connectivity index (χ0v) is 8.81. The molecule has 0 aliphatic heterocycles. The summed E-state index contributed by atoms with van der Waals surface area (Å²) in [4.78, 5) is 0. The van der Waals surface area contributed by atoms with E-state index in [9.17, 15) is 0 Å². The van der Waals surface area contributed by atoms with E-state index in [4.69, 9.17) is 14.9 Å². The third-order valence-corrected chi connectivity index (χ3v) is 2.08. The van der Waals surface area contributed by atoms with Crippen molar-refractivity contribution in [2.45, 2.75) is 12.6 Å². The maximum absolute atomic E-state index is 9.09. The lowest BCUT2D eigenvalue weighted by atomic mass is 10.2. The van der Waals surface area contributed by atoms with Gasteiger partial charge in [-0.05, 0) is 17.7 Å². The molecule has 84 valence electrons. The number of methoxy groups -OCH3 is 1. The van der Waals surface area contributed by atoms with Gasteiger partial charge in [0.1, 0.15) is 5.75 Å². The van der Waals surface area contributed by atoms with Crippen LogP contribution in [0.3, 0.4) is 0 Å². The summed E-state index contributed by atoms with van der Waals surface area (Å²) in [7, 11) is 1.63. The SMILES string of the molecule is COc1ccc(CNCC(O)CO)cc1. The standard InChI is InChI=1S/C11H17NO3/c1-15-11-4-2-9(3-5-11)6-12-7-10(14)8-13/h2-5,10,12-14H,6-8H2,1H3. The lowest BCUT2D eigenvalue weighted by Crippen LogP contribution is -2.28. The molecule has 0 radical (unpaired) electrons. The average molecular weight is 211 g/mol. The highest BCUT2D eigenvalue weighted by atomic mass is 16.5. The van der Waals surface area contributed by atoms with E-state index >= 15 is 0 Å². The van der Waals surface area contributed by atoms with E-state index < -0.39 is 6.10 Å².